The second kappa shape index (κ2) is 4.45. The van der Waals surface area contributed by atoms with Crippen LogP contribution in [0.5, 0.6) is 0 Å². The largest absolute Gasteiger partial charge is 0.383 e. The first-order valence-electron chi connectivity index (χ1n) is 5.86. The van der Waals surface area contributed by atoms with Gasteiger partial charge >= 0.3 is 0 Å². The van der Waals surface area contributed by atoms with Crippen LogP contribution >= 0.6 is 11.6 Å². The molecule has 2 heterocycles. The molecule has 6 heteroatoms. The number of hydrogen-bond acceptors (Lipinski definition) is 2. The van der Waals surface area contributed by atoms with E-state index in [2.05, 4.69) is 4.98 Å². The van der Waals surface area contributed by atoms with Crippen molar-refractivity contribution in [2.45, 2.75) is 6.92 Å². The van der Waals surface area contributed by atoms with Gasteiger partial charge in [-0.1, -0.05) is 11.6 Å². The van der Waals surface area contributed by atoms with Crippen LogP contribution < -0.4 is 5.73 Å². The van der Waals surface area contributed by atoms with Crippen molar-refractivity contribution in [2.24, 2.45) is 0 Å². The molecule has 0 bridgehead atoms. The summed E-state index contributed by atoms with van der Waals surface area (Å²) in [5, 5.41) is 0.524. The van der Waals surface area contributed by atoms with E-state index >= 15 is 0 Å². The van der Waals surface area contributed by atoms with Gasteiger partial charge in [0.2, 0.25) is 0 Å². The van der Waals surface area contributed by atoms with E-state index < -0.39 is 11.6 Å². The summed E-state index contributed by atoms with van der Waals surface area (Å²) in [6.07, 6.45) is 1.63. The molecule has 0 aliphatic carbocycles. The Balaban J connectivity index is 2.29. The molecule has 20 heavy (non-hydrogen) atoms. The molecule has 3 rings (SSSR count). The lowest BCUT2D eigenvalue weighted by atomic mass is 10.1. The minimum absolute atomic E-state index is 0.330. The van der Waals surface area contributed by atoms with E-state index in [4.69, 9.17) is 17.3 Å². The number of benzene rings is 1. The van der Waals surface area contributed by atoms with Gasteiger partial charge in [-0.3, -0.25) is 4.40 Å². The Kier molecular flexibility index (Phi) is 2.87. The van der Waals surface area contributed by atoms with Crippen LogP contribution in [0.15, 0.2) is 30.5 Å². The standard InChI is InChI=1S/C14H10ClF2N3/c1-7-4-9(15)6-20-13(18)12(19-14(7)20)8-2-3-10(16)11(17)5-8/h2-6H,18H2,1H3. The van der Waals surface area contributed by atoms with Crippen LogP contribution in [0.1, 0.15) is 5.56 Å². The summed E-state index contributed by atoms with van der Waals surface area (Å²) in [5.74, 6) is -1.51. The number of halogens is 3. The number of nitrogens with two attached hydrogens (primary N) is 1. The topological polar surface area (TPSA) is 43.3 Å². The lowest BCUT2D eigenvalue weighted by Crippen LogP contribution is -1.95. The Bertz CT molecular complexity index is 827. The molecule has 1 aromatic carbocycles. The van der Waals surface area contributed by atoms with Crippen LogP contribution in [0, 0.1) is 18.6 Å². The second-order valence-corrected chi connectivity index (χ2v) is 4.95. The van der Waals surface area contributed by atoms with Gasteiger partial charge in [0, 0.05) is 11.8 Å². The van der Waals surface area contributed by atoms with Gasteiger partial charge in [0.15, 0.2) is 11.6 Å². The minimum atomic E-state index is -0.936. The van der Waals surface area contributed by atoms with Gasteiger partial charge in [0.05, 0.1) is 5.02 Å². The molecule has 0 saturated heterocycles. The van der Waals surface area contributed by atoms with Crippen LogP contribution in [0.3, 0.4) is 0 Å². The Morgan fingerprint density at radius 2 is 1.95 bits per heavy atom. The highest BCUT2D eigenvalue weighted by atomic mass is 35.5. The first-order chi connectivity index (χ1) is 9.47. The molecular formula is C14H10ClF2N3. The fourth-order valence-electron chi connectivity index (χ4n) is 2.14. The molecule has 0 spiro atoms. The first-order valence-corrected chi connectivity index (χ1v) is 6.24. The summed E-state index contributed by atoms with van der Waals surface area (Å²) < 4.78 is 27.9. The Morgan fingerprint density at radius 1 is 1.20 bits per heavy atom. The molecule has 0 fully saturated rings. The molecule has 2 aromatic heterocycles. The molecule has 0 amide bonds. The number of hydrogen-bond donors (Lipinski definition) is 1. The number of pyridine rings is 1. The predicted octanol–water partition coefficient (Wildman–Crippen LogP) is 3.82. The van der Waals surface area contributed by atoms with E-state index in [-0.39, 0.29) is 0 Å². The Hall–Kier alpha value is -2.14. The Labute approximate surface area is 118 Å². The highest BCUT2D eigenvalue weighted by Gasteiger charge is 2.15. The lowest BCUT2D eigenvalue weighted by Gasteiger charge is -2.01. The van der Waals surface area contributed by atoms with E-state index in [9.17, 15) is 8.78 Å². The molecule has 3 aromatic rings. The molecule has 102 valence electrons. The second-order valence-electron chi connectivity index (χ2n) is 4.51. The third-order valence-corrected chi connectivity index (χ3v) is 3.31. The van der Waals surface area contributed by atoms with Gasteiger partial charge < -0.3 is 5.73 Å². The third kappa shape index (κ3) is 1.91. The monoisotopic (exact) mass is 293 g/mol. The van der Waals surface area contributed by atoms with Crippen molar-refractivity contribution in [1.82, 2.24) is 9.38 Å². The first kappa shape index (κ1) is 12.9. The van der Waals surface area contributed by atoms with Gasteiger partial charge in [0.25, 0.3) is 0 Å². The summed E-state index contributed by atoms with van der Waals surface area (Å²) in [6, 6.07) is 5.32. The highest BCUT2D eigenvalue weighted by molar-refractivity contribution is 6.30. The predicted molar refractivity (Wildman–Crippen MR) is 74.7 cm³/mol. The molecule has 0 atom stereocenters. The number of anilines is 1. The van der Waals surface area contributed by atoms with E-state index in [1.807, 2.05) is 6.92 Å². The van der Waals surface area contributed by atoms with Crippen molar-refractivity contribution in [2.75, 3.05) is 5.73 Å². The zero-order chi connectivity index (χ0) is 14.4. The summed E-state index contributed by atoms with van der Waals surface area (Å²) in [5.41, 5.74) is 8.31. The molecule has 3 nitrogen and oxygen atoms in total. The van der Waals surface area contributed by atoms with Gasteiger partial charge in [-0.2, -0.15) is 0 Å². The maximum absolute atomic E-state index is 13.3. The van der Waals surface area contributed by atoms with Crippen molar-refractivity contribution in [3.63, 3.8) is 0 Å². The number of aryl methyl sites for hydroxylation is 1. The third-order valence-electron chi connectivity index (χ3n) is 3.10. The van der Waals surface area contributed by atoms with Crippen LogP contribution in [0.25, 0.3) is 16.9 Å². The quantitative estimate of drug-likeness (QED) is 0.741. The van der Waals surface area contributed by atoms with Crippen LogP contribution in [0.2, 0.25) is 5.02 Å². The maximum atomic E-state index is 13.3. The minimum Gasteiger partial charge on any atom is -0.383 e. The van der Waals surface area contributed by atoms with Crippen molar-refractivity contribution < 1.29 is 8.78 Å². The van der Waals surface area contributed by atoms with Crippen LogP contribution in [-0.2, 0) is 0 Å². The maximum Gasteiger partial charge on any atom is 0.159 e. The van der Waals surface area contributed by atoms with Crippen molar-refractivity contribution in [1.29, 1.82) is 0 Å². The summed E-state index contributed by atoms with van der Waals surface area (Å²) in [6.45, 7) is 1.85. The summed E-state index contributed by atoms with van der Waals surface area (Å²) in [7, 11) is 0. The van der Waals surface area contributed by atoms with Gasteiger partial charge in [0.1, 0.15) is 17.2 Å². The normalized spacial score (nSPS) is 11.2. The van der Waals surface area contributed by atoms with E-state index in [1.165, 1.54) is 6.07 Å². The number of fused-ring (bicyclic) bond motifs is 1. The number of imidazole rings is 1. The fourth-order valence-corrected chi connectivity index (χ4v) is 2.40. The van der Waals surface area contributed by atoms with Crippen molar-refractivity contribution >= 4 is 23.1 Å². The van der Waals surface area contributed by atoms with Crippen LogP contribution in [-0.4, -0.2) is 9.38 Å². The summed E-state index contributed by atoms with van der Waals surface area (Å²) >= 11 is 5.98. The zero-order valence-corrected chi connectivity index (χ0v) is 11.2. The van der Waals surface area contributed by atoms with Crippen molar-refractivity contribution in [3.8, 4) is 11.3 Å². The lowest BCUT2D eigenvalue weighted by molar-refractivity contribution is 0.509. The van der Waals surface area contributed by atoms with E-state index in [0.29, 0.717) is 27.7 Å². The number of nitrogen functional groups attached to an aromatic ring is 1. The van der Waals surface area contributed by atoms with Crippen LogP contribution in [0.4, 0.5) is 14.6 Å². The van der Waals surface area contributed by atoms with Gasteiger partial charge in [-0.15, -0.1) is 0 Å². The average molecular weight is 294 g/mol. The zero-order valence-electron chi connectivity index (χ0n) is 10.5. The number of rotatable bonds is 1. The molecule has 0 aliphatic heterocycles. The molecule has 0 radical (unpaired) electrons. The Morgan fingerprint density at radius 3 is 2.65 bits per heavy atom. The van der Waals surface area contributed by atoms with Crippen molar-refractivity contribution in [3.05, 3.63) is 52.7 Å². The molecule has 0 unspecified atom stereocenters. The molecule has 0 aliphatic rings. The van der Waals surface area contributed by atoms with E-state index in [0.717, 1.165) is 17.7 Å². The fraction of sp³-hybridized carbons (Fsp3) is 0.0714. The number of nitrogens with zero attached hydrogens (tertiary/aromatic N) is 2. The number of aromatic nitrogens is 2. The summed E-state index contributed by atoms with van der Waals surface area (Å²) in [4.78, 5) is 4.38. The van der Waals surface area contributed by atoms with Gasteiger partial charge in [-0.25, -0.2) is 13.8 Å². The molecular weight excluding hydrogens is 284 g/mol. The van der Waals surface area contributed by atoms with Gasteiger partial charge in [-0.05, 0) is 36.8 Å². The highest BCUT2D eigenvalue weighted by Crippen LogP contribution is 2.29. The smallest absolute Gasteiger partial charge is 0.159 e. The molecule has 2 N–H and O–H groups in total. The van der Waals surface area contributed by atoms with E-state index in [1.54, 1.807) is 16.7 Å². The SMILES string of the molecule is Cc1cc(Cl)cn2c(N)c(-c3ccc(F)c(F)c3)nc12. The average Bonchev–Trinajstić information content (AvgIpc) is 2.71. The molecule has 0 saturated carbocycles.